The molecule has 8 heteroatoms. The van der Waals surface area contributed by atoms with Crippen molar-refractivity contribution in [3.63, 3.8) is 0 Å². The van der Waals surface area contributed by atoms with Gasteiger partial charge in [0.1, 0.15) is 0 Å². The molecule has 0 saturated heterocycles. The average molecular weight is 351 g/mol. The fourth-order valence-corrected chi connectivity index (χ4v) is 3.03. The first-order chi connectivity index (χ1) is 12.5. The van der Waals surface area contributed by atoms with Gasteiger partial charge in [-0.15, -0.1) is 0 Å². The average Bonchev–Trinajstić information content (AvgIpc) is 3.07. The Labute approximate surface area is 146 Å². The lowest BCUT2D eigenvalue weighted by molar-refractivity contribution is 0.0645. The Morgan fingerprint density at radius 3 is 2.31 bits per heavy atom. The number of imide groups is 1. The predicted octanol–water partition coefficient (Wildman–Crippen LogP) is 1.50. The van der Waals surface area contributed by atoms with E-state index in [1.807, 2.05) is 0 Å². The van der Waals surface area contributed by atoms with Crippen LogP contribution in [0.3, 0.4) is 0 Å². The Morgan fingerprint density at radius 1 is 1.00 bits per heavy atom. The number of anilines is 1. The number of hydrogen-bond acceptors (Lipinski definition) is 6. The van der Waals surface area contributed by atoms with Crippen LogP contribution in [0.15, 0.2) is 51.7 Å². The second-order valence-electron chi connectivity index (χ2n) is 5.88. The molecule has 2 heterocycles. The molecule has 0 spiro atoms. The van der Waals surface area contributed by atoms with Gasteiger partial charge in [-0.1, -0.05) is 12.1 Å². The fourth-order valence-electron chi connectivity index (χ4n) is 3.03. The van der Waals surface area contributed by atoms with Gasteiger partial charge in [0.2, 0.25) is 5.91 Å². The SMILES string of the molecule is Nc1ccc2c(c1)oc(=O)n2C(=O)CCN1C(=O)c2ccccc2C1=O. The topological polar surface area (TPSA) is 116 Å². The maximum atomic E-state index is 12.5. The summed E-state index contributed by atoms with van der Waals surface area (Å²) in [5.41, 5.74) is 7.14. The lowest BCUT2D eigenvalue weighted by Crippen LogP contribution is -2.34. The van der Waals surface area contributed by atoms with E-state index >= 15 is 0 Å². The van der Waals surface area contributed by atoms with E-state index in [-0.39, 0.29) is 24.1 Å². The number of oxazole rings is 1. The second-order valence-corrected chi connectivity index (χ2v) is 5.88. The molecule has 0 radical (unpaired) electrons. The Balaban J connectivity index is 1.57. The molecular weight excluding hydrogens is 338 g/mol. The van der Waals surface area contributed by atoms with Gasteiger partial charge in [-0.25, -0.2) is 9.36 Å². The summed E-state index contributed by atoms with van der Waals surface area (Å²) in [4.78, 5) is 50.1. The van der Waals surface area contributed by atoms with E-state index < -0.39 is 23.5 Å². The summed E-state index contributed by atoms with van der Waals surface area (Å²) in [6.07, 6.45) is -0.204. The fraction of sp³-hybridized carbons (Fsp3) is 0.111. The number of carbonyl (C=O) groups excluding carboxylic acids is 3. The van der Waals surface area contributed by atoms with Crippen molar-refractivity contribution in [2.24, 2.45) is 0 Å². The third kappa shape index (κ3) is 2.31. The van der Waals surface area contributed by atoms with Crippen LogP contribution in [-0.4, -0.2) is 33.7 Å². The molecule has 0 atom stereocenters. The van der Waals surface area contributed by atoms with Crippen LogP contribution in [0.2, 0.25) is 0 Å². The van der Waals surface area contributed by atoms with Crippen molar-refractivity contribution in [3.05, 3.63) is 64.1 Å². The van der Waals surface area contributed by atoms with Crippen LogP contribution in [-0.2, 0) is 0 Å². The Kier molecular flexibility index (Phi) is 3.47. The molecule has 1 aliphatic heterocycles. The highest BCUT2D eigenvalue weighted by molar-refractivity contribution is 6.21. The first-order valence-corrected chi connectivity index (χ1v) is 7.87. The van der Waals surface area contributed by atoms with Crippen LogP contribution in [0.1, 0.15) is 31.9 Å². The van der Waals surface area contributed by atoms with E-state index in [4.69, 9.17) is 10.2 Å². The monoisotopic (exact) mass is 351 g/mol. The summed E-state index contributed by atoms with van der Waals surface area (Å²) in [6, 6.07) is 11.0. The first-order valence-electron chi connectivity index (χ1n) is 7.87. The molecule has 3 aromatic rings. The minimum atomic E-state index is -0.835. The van der Waals surface area contributed by atoms with Crippen LogP contribution in [0.25, 0.3) is 11.1 Å². The Hall–Kier alpha value is -3.68. The van der Waals surface area contributed by atoms with Crippen molar-refractivity contribution in [1.82, 2.24) is 9.47 Å². The highest BCUT2D eigenvalue weighted by Gasteiger charge is 2.35. The van der Waals surface area contributed by atoms with Crippen LogP contribution >= 0.6 is 0 Å². The van der Waals surface area contributed by atoms with Crippen molar-refractivity contribution in [3.8, 4) is 0 Å². The van der Waals surface area contributed by atoms with Crippen LogP contribution in [0.5, 0.6) is 0 Å². The van der Waals surface area contributed by atoms with Gasteiger partial charge in [0.15, 0.2) is 5.58 Å². The third-order valence-electron chi connectivity index (χ3n) is 4.28. The zero-order valence-electron chi connectivity index (χ0n) is 13.5. The summed E-state index contributed by atoms with van der Waals surface area (Å²) in [6.45, 7) is -0.126. The largest absolute Gasteiger partial charge is 0.426 e. The molecule has 8 nitrogen and oxygen atoms in total. The summed E-state index contributed by atoms with van der Waals surface area (Å²) in [5, 5.41) is 0. The quantitative estimate of drug-likeness (QED) is 0.565. The second kappa shape index (κ2) is 5.69. The minimum absolute atomic E-state index is 0.126. The van der Waals surface area contributed by atoms with Crippen molar-refractivity contribution >= 4 is 34.5 Å². The lowest BCUT2D eigenvalue weighted by atomic mass is 10.1. The van der Waals surface area contributed by atoms with Crippen molar-refractivity contribution in [2.45, 2.75) is 6.42 Å². The summed E-state index contributed by atoms with van der Waals surface area (Å²) < 4.78 is 5.91. The van der Waals surface area contributed by atoms with Gasteiger partial charge >= 0.3 is 5.76 Å². The van der Waals surface area contributed by atoms with Crippen molar-refractivity contribution in [2.75, 3.05) is 12.3 Å². The summed E-state index contributed by atoms with van der Waals surface area (Å²) in [5.74, 6) is -2.31. The molecule has 0 aliphatic carbocycles. The molecule has 130 valence electrons. The zero-order valence-corrected chi connectivity index (χ0v) is 13.5. The van der Waals surface area contributed by atoms with E-state index in [0.717, 1.165) is 9.47 Å². The van der Waals surface area contributed by atoms with E-state index in [9.17, 15) is 19.2 Å². The number of hydrogen-bond donors (Lipinski definition) is 1. The normalized spacial score (nSPS) is 13.5. The third-order valence-corrected chi connectivity index (χ3v) is 4.28. The highest BCUT2D eigenvalue weighted by Crippen LogP contribution is 2.23. The van der Waals surface area contributed by atoms with Gasteiger partial charge in [-0.2, -0.15) is 0 Å². The van der Waals surface area contributed by atoms with Crippen molar-refractivity contribution < 1.29 is 18.8 Å². The van der Waals surface area contributed by atoms with Gasteiger partial charge in [0.25, 0.3) is 11.8 Å². The molecule has 0 bridgehead atoms. The van der Waals surface area contributed by atoms with E-state index in [1.54, 1.807) is 30.3 Å². The number of fused-ring (bicyclic) bond motifs is 2. The van der Waals surface area contributed by atoms with Gasteiger partial charge in [0.05, 0.1) is 16.6 Å². The molecule has 0 saturated carbocycles. The summed E-state index contributed by atoms with van der Waals surface area (Å²) >= 11 is 0. The standard InChI is InChI=1S/C18H13N3O5/c19-10-5-6-13-14(9-10)26-18(25)21(13)15(22)7-8-20-16(23)11-3-1-2-4-12(11)17(20)24/h1-6,9H,7-8,19H2. The van der Waals surface area contributed by atoms with Crippen LogP contribution in [0.4, 0.5) is 5.69 Å². The molecule has 2 aromatic carbocycles. The number of benzene rings is 2. The van der Waals surface area contributed by atoms with Crippen LogP contribution < -0.4 is 11.5 Å². The van der Waals surface area contributed by atoms with E-state index in [2.05, 4.69) is 0 Å². The molecule has 2 N–H and O–H groups in total. The number of carbonyl (C=O) groups is 3. The van der Waals surface area contributed by atoms with E-state index in [1.165, 1.54) is 12.1 Å². The van der Waals surface area contributed by atoms with Gasteiger partial charge in [-0.05, 0) is 24.3 Å². The molecule has 26 heavy (non-hydrogen) atoms. The number of aromatic nitrogens is 1. The van der Waals surface area contributed by atoms with Gasteiger partial charge in [0, 0.05) is 24.7 Å². The minimum Gasteiger partial charge on any atom is -0.407 e. The Bertz CT molecular complexity index is 1110. The molecule has 1 aliphatic rings. The number of nitrogens with two attached hydrogens (primary N) is 1. The molecule has 2 amide bonds. The first kappa shape index (κ1) is 15.8. The number of nitrogen functional groups attached to an aromatic ring is 1. The predicted molar refractivity (Wildman–Crippen MR) is 91.9 cm³/mol. The van der Waals surface area contributed by atoms with Crippen molar-refractivity contribution in [1.29, 1.82) is 0 Å². The number of rotatable bonds is 3. The Morgan fingerprint density at radius 2 is 1.65 bits per heavy atom. The molecule has 0 unspecified atom stereocenters. The molecule has 0 fully saturated rings. The van der Waals surface area contributed by atoms with E-state index in [0.29, 0.717) is 16.8 Å². The molecule has 4 rings (SSSR count). The smallest absolute Gasteiger partial charge is 0.407 e. The highest BCUT2D eigenvalue weighted by atomic mass is 16.4. The maximum Gasteiger partial charge on any atom is 0.426 e. The number of nitrogens with zero attached hydrogens (tertiary/aromatic N) is 2. The maximum absolute atomic E-state index is 12.5. The lowest BCUT2D eigenvalue weighted by Gasteiger charge is -2.12. The molecular formula is C18H13N3O5. The zero-order chi connectivity index (χ0) is 18.4. The van der Waals surface area contributed by atoms with Crippen LogP contribution in [0, 0.1) is 0 Å². The summed E-state index contributed by atoms with van der Waals surface area (Å²) in [7, 11) is 0. The number of amides is 2. The molecule has 1 aromatic heterocycles. The van der Waals surface area contributed by atoms with Gasteiger partial charge in [-0.3, -0.25) is 19.3 Å². The van der Waals surface area contributed by atoms with Gasteiger partial charge < -0.3 is 10.2 Å².